The molecule has 1 saturated heterocycles. The first-order valence-corrected chi connectivity index (χ1v) is 10.4. The lowest BCUT2D eigenvalue weighted by atomic mass is 10.0. The number of carbonyl (C=O) groups excluding carboxylic acids is 1. The minimum absolute atomic E-state index is 0.0379. The predicted octanol–water partition coefficient (Wildman–Crippen LogP) is 0.868. The van der Waals surface area contributed by atoms with E-state index in [9.17, 15) is 18.0 Å². The highest BCUT2D eigenvalue weighted by Crippen LogP contribution is 2.23. The molecule has 0 spiro atoms. The molecule has 3 rings (SSSR count). The molecule has 148 valence electrons. The van der Waals surface area contributed by atoms with Crippen LogP contribution in [0, 0.1) is 5.92 Å². The average Bonchev–Trinajstić information content (AvgIpc) is 2.90. The Morgan fingerprint density at radius 1 is 1.30 bits per heavy atom. The Morgan fingerprint density at radius 3 is 2.59 bits per heavy atom. The molecule has 2 aromatic heterocycles. The van der Waals surface area contributed by atoms with E-state index in [1.165, 1.54) is 22.6 Å². The van der Waals surface area contributed by atoms with Crippen LogP contribution in [0.1, 0.15) is 33.6 Å². The molecule has 0 bridgehead atoms. The van der Waals surface area contributed by atoms with Gasteiger partial charge in [-0.3, -0.25) is 4.79 Å². The Labute approximate surface area is 157 Å². The molecule has 0 radical (unpaired) electrons. The Kier molecular flexibility index (Phi) is 5.38. The van der Waals surface area contributed by atoms with Crippen LogP contribution in [0.2, 0.25) is 0 Å². The number of fused-ring (bicyclic) bond motifs is 1. The SMILES string of the molecule is CC1CCN(S(=O)(=O)c2ccc3nn(CC(=O)OC(C)C)c(=O)n3c2)CC1. The van der Waals surface area contributed by atoms with Gasteiger partial charge < -0.3 is 4.74 Å². The van der Waals surface area contributed by atoms with Crippen molar-refractivity contribution in [2.75, 3.05) is 13.1 Å². The molecule has 1 fully saturated rings. The second-order valence-electron chi connectivity index (χ2n) is 7.16. The van der Waals surface area contributed by atoms with Crippen molar-refractivity contribution in [2.45, 2.75) is 51.2 Å². The minimum atomic E-state index is -3.68. The summed E-state index contributed by atoms with van der Waals surface area (Å²) in [6.45, 7) is 6.14. The maximum Gasteiger partial charge on any atom is 0.350 e. The average molecular weight is 396 g/mol. The number of aromatic nitrogens is 3. The number of pyridine rings is 1. The Hall–Kier alpha value is -2.20. The Balaban J connectivity index is 1.90. The van der Waals surface area contributed by atoms with Gasteiger partial charge in [0.2, 0.25) is 10.0 Å². The largest absolute Gasteiger partial charge is 0.462 e. The number of piperidine rings is 1. The second-order valence-corrected chi connectivity index (χ2v) is 9.10. The maximum atomic E-state index is 12.9. The molecule has 0 amide bonds. The number of hydrogen-bond acceptors (Lipinski definition) is 6. The summed E-state index contributed by atoms with van der Waals surface area (Å²) >= 11 is 0. The number of nitrogens with zero attached hydrogens (tertiary/aromatic N) is 4. The molecule has 0 atom stereocenters. The first-order chi connectivity index (χ1) is 12.7. The smallest absolute Gasteiger partial charge is 0.350 e. The molecule has 1 aliphatic heterocycles. The van der Waals surface area contributed by atoms with E-state index in [0.29, 0.717) is 19.0 Å². The number of rotatable bonds is 5. The molecule has 9 nitrogen and oxygen atoms in total. The molecule has 10 heteroatoms. The van der Waals surface area contributed by atoms with Crippen molar-refractivity contribution >= 4 is 21.6 Å². The van der Waals surface area contributed by atoms with E-state index >= 15 is 0 Å². The van der Waals surface area contributed by atoms with Crippen LogP contribution < -0.4 is 5.69 Å². The standard InChI is InChI=1S/C17H24N4O5S/c1-12(2)26-16(22)11-21-17(23)20-10-14(4-5-15(20)18-21)27(24,25)19-8-6-13(3)7-9-19/h4-5,10,12-13H,6-9,11H2,1-3H3. The Bertz CT molecular complexity index is 1000. The zero-order valence-electron chi connectivity index (χ0n) is 15.7. The lowest BCUT2D eigenvalue weighted by Crippen LogP contribution is -2.38. The highest BCUT2D eigenvalue weighted by Gasteiger charge is 2.28. The summed E-state index contributed by atoms with van der Waals surface area (Å²) in [5.74, 6) is -0.0730. The Morgan fingerprint density at radius 2 is 1.96 bits per heavy atom. The molecular weight excluding hydrogens is 372 g/mol. The van der Waals surface area contributed by atoms with Crippen LogP contribution >= 0.6 is 0 Å². The van der Waals surface area contributed by atoms with Gasteiger partial charge in [0.1, 0.15) is 6.54 Å². The number of sulfonamides is 1. The first kappa shape index (κ1) is 19.6. The normalized spacial score (nSPS) is 16.9. The van der Waals surface area contributed by atoms with Crippen LogP contribution in [0.15, 0.2) is 28.0 Å². The van der Waals surface area contributed by atoms with E-state index in [-0.39, 0.29) is 23.2 Å². The highest BCUT2D eigenvalue weighted by molar-refractivity contribution is 7.89. The third kappa shape index (κ3) is 4.06. The van der Waals surface area contributed by atoms with Gasteiger partial charge >= 0.3 is 11.7 Å². The van der Waals surface area contributed by atoms with Gasteiger partial charge in [0.15, 0.2) is 5.65 Å². The van der Waals surface area contributed by atoms with Crippen molar-refractivity contribution in [1.29, 1.82) is 0 Å². The van der Waals surface area contributed by atoms with Crippen LogP contribution in [-0.4, -0.2) is 52.1 Å². The summed E-state index contributed by atoms with van der Waals surface area (Å²) in [6, 6.07) is 2.90. The van der Waals surface area contributed by atoms with Gasteiger partial charge in [0.05, 0.1) is 11.0 Å². The highest BCUT2D eigenvalue weighted by atomic mass is 32.2. The van der Waals surface area contributed by atoms with E-state index in [0.717, 1.165) is 21.9 Å². The molecule has 0 aromatic carbocycles. The van der Waals surface area contributed by atoms with Crippen molar-refractivity contribution in [3.05, 3.63) is 28.8 Å². The molecule has 0 aliphatic carbocycles. The predicted molar refractivity (Wildman–Crippen MR) is 97.8 cm³/mol. The fourth-order valence-corrected chi connectivity index (χ4v) is 4.52. The monoisotopic (exact) mass is 396 g/mol. The van der Waals surface area contributed by atoms with Gasteiger partial charge in [-0.2, -0.15) is 4.31 Å². The molecule has 0 saturated carbocycles. The van der Waals surface area contributed by atoms with Crippen molar-refractivity contribution in [3.63, 3.8) is 0 Å². The summed E-state index contributed by atoms with van der Waals surface area (Å²) < 4.78 is 34.3. The first-order valence-electron chi connectivity index (χ1n) is 8.97. The third-order valence-corrected chi connectivity index (χ3v) is 6.46. The van der Waals surface area contributed by atoms with Crippen LogP contribution in [0.25, 0.3) is 5.65 Å². The number of hydrogen-bond donors (Lipinski definition) is 0. The summed E-state index contributed by atoms with van der Waals surface area (Å²) in [5, 5.41) is 4.06. The van der Waals surface area contributed by atoms with Gasteiger partial charge in [0.25, 0.3) is 0 Å². The van der Waals surface area contributed by atoms with Gasteiger partial charge in [0, 0.05) is 19.3 Å². The molecule has 2 aromatic rings. The van der Waals surface area contributed by atoms with E-state index in [4.69, 9.17) is 4.74 Å². The van der Waals surface area contributed by atoms with E-state index in [1.807, 2.05) is 0 Å². The van der Waals surface area contributed by atoms with Crippen molar-refractivity contribution in [3.8, 4) is 0 Å². The topological polar surface area (TPSA) is 103 Å². The lowest BCUT2D eigenvalue weighted by molar-refractivity contribution is -0.148. The second kappa shape index (κ2) is 7.43. The van der Waals surface area contributed by atoms with Crippen molar-refractivity contribution < 1.29 is 17.9 Å². The van der Waals surface area contributed by atoms with Crippen LogP contribution in [0.4, 0.5) is 0 Å². The molecule has 0 unspecified atom stereocenters. The fraction of sp³-hybridized carbons (Fsp3) is 0.588. The van der Waals surface area contributed by atoms with Gasteiger partial charge in [-0.25, -0.2) is 22.3 Å². The number of ether oxygens (including phenoxy) is 1. The number of carbonyl (C=O) groups is 1. The number of esters is 1. The van der Waals surface area contributed by atoms with Gasteiger partial charge in [-0.1, -0.05) is 6.92 Å². The molecule has 27 heavy (non-hydrogen) atoms. The lowest BCUT2D eigenvalue weighted by Gasteiger charge is -2.29. The zero-order chi connectivity index (χ0) is 19.8. The van der Waals surface area contributed by atoms with E-state index in [1.54, 1.807) is 13.8 Å². The summed E-state index contributed by atoms with van der Waals surface area (Å²) in [4.78, 5) is 24.3. The summed E-state index contributed by atoms with van der Waals surface area (Å²) in [5.41, 5.74) is -0.321. The quantitative estimate of drug-likeness (QED) is 0.695. The maximum absolute atomic E-state index is 12.9. The molecule has 3 heterocycles. The summed E-state index contributed by atoms with van der Waals surface area (Å²) in [7, 11) is -3.68. The zero-order valence-corrected chi connectivity index (χ0v) is 16.5. The van der Waals surface area contributed by atoms with Crippen molar-refractivity contribution in [1.82, 2.24) is 18.5 Å². The minimum Gasteiger partial charge on any atom is -0.462 e. The van der Waals surface area contributed by atoms with Crippen molar-refractivity contribution in [2.24, 2.45) is 5.92 Å². The molecule has 1 aliphatic rings. The molecular formula is C17H24N4O5S. The van der Waals surface area contributed by atoms with Crippen LogP contribution in [-0.2, 0) is 26.1 Å². The molecule has 0 N–H and O–H groups in total. The summed E-state index contributed by atoms with van der Waals surface area (Å²) in [6.07, 6.45) is 2.60. The van der Waals surface area contributed by atoms with Crippen LogP contribution in [0.5, 0.6) is 0 Å². The fourth-order valence-electron chi connectivity index (χ4n) is 3.05. The van der Waals surface area contributed by atoms with Crippen LogP contribution in [0.3, 0.4) is 0 Å². The van der Waals surface area contributed by atoms with E-state index in [2.05, 4.69) is 12.0 Å². The third-order valence-electron chi connectivity index (χ3n) is 4.58. The van der Waals surface area contributed by atoms with E-state index < -0.39 is 21.7 Å². The van der Waals surface area contributed by atoms with Gasteiger partial charge in [-0.05, 0) is 44.7 Å². The van der Waals surface area contributed by atoms with Gasteiger partial charge in [-0.15, -0.1) is 5.10 Å².